The fourth-order valence-corrected chi connectivity index (χ4v) is 0. The Morgan fingerprint density at radius 2 is 0.450 bits per heavy atom. The Morgan fingerprint density at radius 1 is 0.450 bits per heavy atom. The first-order chi connectivity index (χ1) is 2.00. The molecule has 0 aliphatic heterocycles. The van der Waals surface area contributed by atoms with E-state index in [9.17, 15) is 0 Å². The van der Waals surface area contributed by atoms with E-state index in [0.29, 0.717) is 0 Å². The van der Waals surface area contributed by atoms with E-state index in [4.69, 9.17) is 17.5 Å². The summed E-state index contributed by atoms with van der Waals surface area (Å²) < 4.78 is 34.1. The SMILES string of the molecule is O.O.O.O.O.O.O.O.O.O.O.O.O=S(=O)([O-])[O-].[Al+3].[Al+3].[K+]. The van der Waals surface area contributed by atoms with Gasteiger partial charge in [0.2, 0.25) is 0 Å². The zero-order valence-corrected chi connectivity index (χ0v) is 16.4. The summed E-state index contributed by atoms with van der Waals surface area (Å²) in [5.41, 5.74) is 0. The van der Waals surface area contributed by atoms with Gasteiger partial charge in [0.15, 0.2) is 0 Å². The van der Waals surface area contributed by atoms with Crippen molar-refractivity contribution in [3.63, 3.8) is 0 Å². The van der Waals surface area contributed by atoms with Gasteiger partial charge in [-0.15, -0.1) is 0 Å². The van der Waals surface area contributed by atoms with E-state index in [2.05, 4.69) is 0 Å². The van der Waals surface area contributed by atoms with Crippen LogP contribution >= 0.6 is 0 Å². The minimum Gasteiger partial charge on any atom is -0.759 e. The van der Waals surface area contributed by atoms with Crippen molar-refractivity contribution in [3.8, 4) is 0 Å². The Morgan fingerprint density at radius 3 is 0.450 bits per heavy atom. The average molecular weight is 405 g/mol. The molecule has 0 fully saturated rings. The monoisotopic (exact) mass is 405 g/mol. The molecule has 20 heteroatoms. The van der Waals surface area contributed by atoms with Crippen molar-refractivity contribution < 1.29 is 135 Å². The fourth-order valence-electron chi connectivity index (χ4n) is 0. The minimum absolute atomic E-state index is 0. The van der Waals surface area contributed by atoms with Crippen molar-refractivity contribution in [1.82, 2.24) is 0 Å². The minimum atomic E-state index is -5.17. The molecule has 0 aromatic carbocycles. The number of hydrogen-bond acceptors (Lipinski definition) is 4. The topological polar surface area (TPSA) is 458 Å². The van der Waals surface area contributed by atoms with Crippen molar-refractivity contribution in [2.24, 2.45) is 0 Å². The second-order valence-corrected chi connectivity index (χ2v) is 1.22. The summed E-state index contributed by atoms with van der Waals surface area (Å²) in [6.45, 7) is 0. The molecule has 0 saturated heterocycles. The molecule has 0 unspecified atom stereocenters. The van der Waals surface area contributed by atoms with Gasteiger partial charge in [0.25, 0.3) is 0 Å². The van der Waals surface area contributed by atoms with Crippen LogP contribution in [0.2, 0.25) is 0 Å². The maximum atomic E-state index is 8.52. The van der Waals surface area contributed by atoms with Crippen LogP contribution in [0.3, 0.4) is 0 Å². The van der Waals surface area contributed by atoms with Gasteiger partial charge in [-0.1, -0.05) is 0 Å². The van der Waals surface area contributed by atoms with Gasteiger partial charge >= 0.3 is 86.1 Å². The standard InChI is InChI=1S/2Al.K.H2O4S.12H2O/c;;;1-5(2,3)4;;;;;;;;;;;;/h;;;(H2,1,2,3,4);12*1H2/q2*+3;+1;;;;;;;;;;;;;/p-2. The predicted octanol–water partition coefficient (Wildman–Crippen LogP) is -15.0. The maximum absolute atomic E-state index is 8.52. The molecule has 0 aromatic rings. The van der Waals surface area contributed by atoms with Crippen molar-refractivity contribution in [2.75, 3.05) is 0 Å². The second-order valence-electron chi connectivity index (χ2n) is 0.408. The molecule has 0 aliphatic carbocycles. The molecule has 0 aliphatic rings. The van der Waals surface area contributed by atoms with Crippen LogP contribution in [0.5, 0.6) is 0 Å². The van der Waals surface area contributed by atoms with E-state index < -0.39 is 10.4 Å². The van der Waals surface area contributed by atoms with E-state index in [1.165, 1.54) is 0 Å². The molecule has 0 spiro atoms. The molecular formula is H24Al2KO16S+5. The third-order valence-corrected chi connectivity index (χ3v) is 0. The first-order valence-corrected chi connectivity index (χ1v) is 2.00. The summed E-state index contributed by atoms with van der Waals surface area (Å²) in [5.74, 6) is 0. The fraction of sp³-hybridized carbons (Fsp3) is 0. The molecule has 0 aromatic heterocycles. The van der Waals surface area contributed by atoms with Gasteiger partial charge in [-0.25, -0.2) is 0 Å². The van der Waals surface area contributed by atoms with Gasteiger partial charge in [-0.2, -0.15) is 0 Å². The molecule has 128 valence electrons. The van der Waals surface area contributed by atoms with Crippen LogP contribution in [0, 0.1) is 0 Å². The van der Waals surface area contributed by atoms with Crippen LogP contribution in [-0.2, 0) is 10.4 Å². The predicted molar refractivity (Wildman–Crippen MR) is 65.3 cm³/mol. The van der Waals surface area contributed by atoms with Crippen LogP contribution in [0.4, 0.5) is 0 Å². The summed E-state index contributed by atoms with van der Waals surface area (Å²) >= 11 is 0. The average Bonchev–Trinajstić information content (AvgIpc) is 0.722. The van der Waals surface area contributed by atoms with Crippen molar-refractivity contribution in [3.05, 3.63) is 0 Å². The molecule has 0 heterocycles. The molecule has 0 atom stereocenters. The van der Waals surface area contributed by atoms with Gasteiger partial charge in [0.1, 0.15) is 0 Å². The molecule has 0 amide bonds. The number of rotatable bonds is 0. The third-order valence-electron chi connectivity index (χ3n) is 0. The van der Waals surface area contributed by atoms with Gasteiger partial charge < -0.3 is 74.8 Å². The quantitative estimate of drug-likeness (QED) is 0.215. The zero-order valence-electron chi connectivity index (χ0n) is 10.2. The van der Waals surface area contributed by atoms with Crippen molar-refractivity contribution >= 4 is 45.1 Å². The summed E-state index contributed by atoms with van der Waals surface area (Å²) in [5, 5.41) is 0. The Labute approximate surface area is 177 Å². The molecule has 0 bridgehead atoms. The first kappa shape index (κ1) is 265. The normalized spacial score (nSPS) is 2.90. The summed E-state index contributed by atoms with van der Waals surface area (Å²) in [4.78, 5) is 0. The third kappa shape index (κ3) is 1670. The molecular weight excluding hydrogens is 381 g/mol. The van der Waals surface area contributed by atoms with Gasteiger partial charge in [-0.3, -0.25) is 8.42 Å². The van der Waals surface area contributed by atoms with Gasteiger partial charge in [0, 0.05) is 10.4 Å². The molecule has 0 saturated carbocycles. The summed E-state index contributed by atoms with van der Waals surface area (Å²) in [7, 11) is -5.17. The van der Waals surface area contributed by atoms with Crippen molar-refractivity contribution in [1.29, 1.82) is 0 Å². The summed E-state index contributed by atoms with van der Waals surface area (Å²) in [6, 6.07) is 0. The van der Waals surface area contributed by atoms with E-state index in [1.807, 2.05) is 0 Å². The van der Waals surface area contributed by atoms with E-state index >= 15 is 0 Å². The van der Waals surface area contributed by atoms with Crippen molar-refractivity contribution in [2.45, 2.75) is 0 Å². The Hall–Kier alpha value is 2.09. The van der Waals surface area contributed by atoms with E-state index in [-0.39, 0.29) is 152 Å². The maximum Gasteiger partial charge on any atom is 3.00 e. The molecule has 24 N–H and O–H groups in total. The number of hydrogen-bond donors (Lipinski definition) is 0. The molecule has 0 rings (SSSR count). The zero-order chi connectivity index (χ0) is 4.50. The van der Waals surface area contributed by atoms with E-state index in [1.54, 1.807) is 0 Å². The molecule has 0 radical (unpaired) electrons. The Bertz CT molecular complexity index is 104. The Kier molecular flexibility index (Phi) is 1720. The van der Waals surface area contributed by atoms with Crippen LogP contribution in [-0.4, -0.2) is 118 Å². The van der Waals surface area contributed by atoms with Crippen LogP contribution < -0.4 is 51.4 Å². The molecule has 20 heavy (non-hydrogen) atoms. The van der Waals surface area contributed by atoms with Crippen LogP contribution in [0.15, 0.2) is 0 Å². The largest absolute Gasteiger partial charge is 3.00 e. The van der Waals surface area contributed by atoms with Crippen LogP contribution in [0.1, 0.15) is 0 Å². The van der Waals surface area contributed by atoms with E-state index in [0.717, 1.165) is 0 Å². The summed E-state index contributed by atoms with van der Waals surface area (Å²) in [6.07, 6.45) is 0. The van der Waals surface area contributed by atoms with Gasteiger partial charge in [-0.05, 0) is 0 Å². The van der Waals surface area contributed by atoms with Crippen LogP contribution in [0.25, 0.3) is 0 Å². The van der Waals surface area contributed by atoms with Gasteiger partial charge in [0.05, 0.1) is 0 Å². The smallest absolute Gasteiger partial charge is 0.759 e. The molecule has 16 nitrogen and oxygen atoms in total. The first-order valence-electron chi connectivity index (χ1n) is 0.667. The second kappa shape index (κ2) is 130. The Balaban J connectivity index is -0.000000000762.